The highest BCUT2D eigenvalue weighted by Gasteiger charge is 2.09. The molecule has 0 N–H and O–H groups in total. The maximum absolute atomic E-state index is 9.58. The summed E-state index contributed by atoms with van der Waals surface area (Å²) in [7, 11) is 1.93. The molecule has 0 saturated heterocycles. The van der Waals surface area contributed by atoms with Crippen LogP contribution in [0.15, 0.2) is 90.7 Å². The number of nitriles is 1. The zero-order valence-electron chi connectivity index (χ0n) is 14.8. The van der Waals surface area contributed by atoms with Crippen molar-refractivity contribution < 1.29 is 0 Å². The molecule has 0 bridgehead atoms. The third-order valence-electron chi connectivity index (χ3n) is 3.95. The van der Waals surface area contributed by atoms with E-state index in [0.29, 0.717) is 5.70 Å². The average Bonchev–Trinajstić information content (AvgIpc) is 2.67. The average molecular weight is 328 g/mol. The van der Waals surface area contributed by atoms with E-state index in [0.717, 1.165) is 12.1 Å². The molecule has 2 rings (SSSR count). The van der Waals surface area contributed by atoms with Crippen molar-refractivity contribution in [3.8, 4) is 6.07 Å². The van der Waals surface area contributed by atoms with Gasteiger partial charge in [0, 0.05) is 18.7 Å². The second-order valence-electron chi connectivity index (χ2n) is 5.80. The lowest BCUT2D eigenvalue weighted by Crippen LogP contribution is -2.16. The number of rotatable bonds is 7. The quantitative estimate of drug-likeness (QED) is 0.472. The molecule has 126 valence electrons. The van der Waals surface area contributed by atoms with Gasteiger partial charge in [-0.25, -0.2) is 0 Å². The fraction of sp³-hybridized carbons (Fsp3) is 0.174. The van der Waals surface area contributed by atoms with Crippen LogP contribution in [0.4, 0.5) is 5.69 Å². The number of hydrogen-bond donors (Lipinski definition) is 0. The van der Waals surface area contributed by atoms with E-state index in [9.17, 15) is 5.26 Å². The molecule has 0 amide bonds. The number of allylic oxidation sites excluding steroid dienone is 5. The maximum Gasteiger partial charge on any atom is 0.117 e. The molecule has 0 saturated carbocycles. The van der Waals surface area contributed by atoms with Gasteiger partial charge in [-0.05, 0) is 37.1 Å². The minimum Gasteiger partial charge on any atom is -0.336 e. The van der Waals surface area contributed by atoms with Crippen molar-refractivity contribution >= 4 is 11.8 Å². The standard InChI is InChI=1S/C23H24N2/c1-3-11-21(15-10-14-20-12-6-4-7-13-20)18-23(19-24)25(2)22-16-8-5-9-17-22/h3-14,16-18,21H,15H2,1-2H3/b11-3+,14-10+,23-18+. The summed E-state index contributed by atoms with van der Waals surface area (Å²) in [4.78, 5) is 1.93. The van der Waals surface area contributed by atoms with E-state index in [-0.39, 0.29) is 5.92 Å². The lowest BCUT2D eigenvalue weighted by molar-refractivity contribution is 0.822. The van der Waals surface area contributed by atoms with Crippen molar-refractivity contribution in [1.82, 2.24) is 0 Å². The zero-order chi connectivity index (χ0) is 17.9. The molecule has 0 aliphatic rings. The Morgan fingerprint density at radius 2 is 1.72 bits per heavy atom. The molecule has 2 nitrogen and oxygen atoms in total. The molecule has 0 fully saturated rings. The fourth-order valence-corrected chi connectivity index (χ4v) is 2.59. The Balaban J connectivity index is 2.13. The van der Waals surface area contributed by atoms with Gasteiger partial charge in [-0.2, -0.15) is 5.26 Å². The summed E-state index contributed by atoms with van der Waals surface area (Å²) < 4.78 is 0. The van der Waals surface area contributed by atoms with Crippen molar-refractivity contribution in [1.29, 1.82) is 5.26 Å². The molecular formula is C23H24N2. The third kappa shape index (κ3) is 5.82. The molecule has 0 aliphatic heterocycles. The highest BCUT2D eigenvalue weighted by molar-refractivity contribution is 5.54. The van der Waals surface area contributed by atoms with Crippen LogP contribution in [0.3, 0.4) is 0 Å². The van der Waals surface area contributed by atoms with Crippen molar-refractivity contribution in [2.24, 2.45) is 5.92 Å². The van der Waals surface area contributed by atoms with E-state index < -0.39 is 0 Å². The molecule has 1 unspecified atom stereocenters. The summed E-state index contributed by atoms with van der Waals surface area (Å²) in [5, 5.41) is 9.58. The molecule has 2 heteroatoms. The monoisotopic (exact) mass is 328 g/mol. The van der Waals surface area contributed by atoms with E-state index in [4.69, 9.17) is 0 Å². The number of hydrogen-bond acceptors (Lipinski definition) is 2. The van der Waals surface area contributed by atoms with Gasteiger partial charge in [0.1, 0.15) is 11.8 Å². The van der Waals surface area contributed by atoms with Crippen LogP contribution < -0.4 is 4.90 Å². The Kier molecular flexibility index (Phi) is 7.28. The van der Waals surface area contributed by atoms with Gasteiger partial charge in [0.25, 0.3) is 0 Å². The summed E-state index contributed by atoms with van der Waals surface area (Å²) in [6, 6.07) is 22.5. The molecule has 0 aromatic heterocycles. The molecule has 0 aliphatic carbocycles. The van der Waals surface area contributed by atoms with Crippen LogP contribution in [0, 0.1) is 17.2 Å². The van der Waals surface area contributed by atoms with Crippen LogP contribution in [-0.2, 0) is 0 Å². The van der Waals surface area contributed by atoms with Crippen LogP contribution in [0.25, 0.3) is 6.08 Å². The Labute approximate surface area is 151 Å². The van der Waals surface area contributed by atoms with E-state index in [1.807, 2.05) is 79.6 Å². The Morgan fingerprint density at radius 3 is 2.32 bits per heavy atom. The molecule has 25 heavy (non-hydrogen) atoms. The van der Waals surface area contributed by atoms with E-state index in [2.05, 4.69) is 36.4 Å². The molecular weight excluding hydrogens is 304 g/mol. The number of anilines is 1. The summed E-state index contributed by atoms with van der Waals surface area (Å²) in [5.41, 5.74) is 2.85. The van der Waals surface area contributed by atoms with Crippen molar-refractivity contribution in [3.63, 3.8) is 0 Å². The second kappa shape index (κ2) is 9.95. The lowest BCUT2D eigenvalue weighted by atomic mass is 10.0. The molecule has 0 heterocycles. The van der Waals surface area contributed by atoms with Crippen molar-refractivity contribution in [2.45, 2.75) is 13.3 Å². The van der Waals surface area contributed by atoms with Crippen molar-refractivity contribution in [3.05, 3.63) is 96.2 Å². The third-order valence-corrected chi connectivity index (χ3v) is 3.95. The Hall–Kier alpha value is -3.05. The SMILES string of the molecule is C/C=C/C(/C=C(\C#N)N(C)c1ccccc1)C/C=C/c1ccccc1. The molecule has 1 atom stereocenters. The van der Waals surface area contributed by atoms with Crippen molar-refractivity contribution in [2.75, 3.05) is 11.9 Å². The number of benzene rings is 2. The first kappa shape index (κ1) is 18.3. The van der Waals surface area contributed by atoms with Gasteiger partial charge in [-0.1, -0.05) is 72.8 Å². The van der Waals surface area contributed by atoms with Gasteiger partial charge < -0.3 is 4.90 Å². The van der Waals surface area contributed by atoms with E-state index in [1.165, 1.54) is 5.56 Å². The predicted octanol–water partition coefficient (Wildman–Crippen LogP) is 5.83. The van der Waals surface area contributed by atoms with Gasteiger partial charge in [-0.15, -0.1) is 0 Å². The molecule has 0 radical (unpaired) electrons. The highest BCUT2D eigenvalue weighted by atomic mass is 15.1. The first-order chi connectivity index (χ1) is 12.2. The molecule has 0 spiro atoms. The first-order valence-corrected chi connectivity index (χ1v) is 8.49. The first-order valence-electron chi connectivity index (χ1n) is 8.49. The van der Waals surface area contributed by atoms with Gasteiger partial charge in [-0.3, -0.25) is 0 Å². The summed E-state index contributed by atoms with van der Waals surface area (Å²) in [6.45, 7) is 2.01. The predicted molar refractivity (Wildman–Crippen MR) is 107 cm³/mol. The number of nitrogens with zero attached hydrogens (tertiary/aromatic N) is 2. The minimum absolute atomic E-state index is 0.186. The maximum atomic E-state index is 9.58. The van der Waals surface area contributed by atoms with Crippen LogP contribution in [0.1, 0.15) is 18.9 Å². The van der Waals surface area contributed by atoms with Gasteiger partial charge in [0.05, 0.1) is 0 Å². The fourth-order valence-electron chi connectivity index (χ4n) is 2.59. The van der Waals surface area contributed by atoms with E-state index in [1.54, 1.807) is 0 Å². The van der Waals surface area contributed by atoms with Gasteiger partial charge >= 0.3 is 0 Å². The zero-order valence-corrected chi connectivity index (χ0v) is 14.8. The summed E-state index contributed by atoms with van der Waals surface area (Å²) >= 11 is 0. The smallest absolute Gasteiger partial charge is 0.117 e. The second-order valence-corrected chi connectivity index (χ2v) is 5.80. The topological polar surface area (TPSA) is 27.0 Å². The Bertz CT molecular complexity index is 765. The van der Waals surface area contributed by atoms with Gasteiger partial charge in [0.2, 0.25) is 0 Å². The van der Waals surface area contributed by atoms with Crippen LogP contribution in [-0.4, -0.2) is 7.05 Å². The summed E-state index contributed by atoms with van der Waals surface area (Å²) in [5.74, 6) is 0.186. The highest BCUT2D eigenvalue weighted by Crippen LogP contribution is 2.20. The molecule has 2 aromatic rings. The lowest BCUT2D eigenvalue weighted by Gasteiger charge is -2.19. The van der Waals surface area contributed by atoms with Gasteiger partial charge in [0.15, 0.2) is 0 Å². The number of para-hydroxylation sites is 1. The normalized spacial score (nSPS) is 13.1. The Morgan fingerprint density at radius 1 is 1.08 bits per heavy atom. The minimum atomic E-state index is 0.186. The van der Waals surface area contributed by atoms with Crippen LogP contribution in [0.5, 0.6) is 0 Å². The van der Waals surface area contributed by atoms with Crippen LogP contribution in [0.2, 0.25) is 0 Å². The summed E-state index contributed by atoms with van der Waals surface area (Å²) in [6.07, 6.45) is 11.3. The van der Waals surface area contributed by atoms with Crippen LogP contribution >= 0.6 is 0 Å². The van der Waals surface area contributed by atoms with E-state index >= 15 is 0 Å². The molecule has 2 aromatic carbocycles. The largest absolute Gasteiger partial charge is 0.336 e.